The third-order valence-electron chi connectivity index (χ3n) is 3.82. The van der Waals surface area contributed by atoms with E-state index in [1.54, 1.807) is 31.3 Å². The lowest BCUT2D eigenvalue weighted by molar-refractivity contribution is -0.104. The van der Waals surface area contributed by atoms with E-state index in [-0.39, 0.29) is 0 Å². The molecule has 30 heavy (non-hydrogen) atoms. The van der Waals surface area contributed by atoms with Crippen molar-refractivity contribution in [2.75, 3.05) is 7.05 Å². The molecule has 0 bridgehead atoms. The predicted octanol–water partition coefficient (Wildman–Crippen LogP) is 4.38. The van der Waals surface area contributed by atoms with E-state index in [9.17, 15) is 4.79 Å². The van der Waals surface area contributed by atoms with Crippen LogP contribution < -0.4 is 11.1 Å². The highest BCUT2D eigenvalue weighted by molar-refractivity contribution is 7.13. The monoisotopic (exact) mass is 429 g/mol. The molecule has 3 N–H and O–H groups in total. The number of thiophene rings is 1. The summed E-state index contributed by atoms with van der Waals surface area (Å²) in [7, 11) is 1.81. The van der Waals surface area contributed by atoms with Crippen molar-refractivity contribution in [2.45, 2.75) is 34.3 Å². The van der Waals surface area contributed by atoms with Crippen LogP contribution >= 0.6 is 11.3 Å². The number of hydrogen-bond donors (Lipinski definition) is 2. The van der Waals surface area contributed by atoms with Crippen LogP contribution in [0.5, 0.6) is 0 Å². The fourth-order valence-electron chi connectivity index (χ4n) is 2.18. The van der Waals surface area contributed by atoms with Gasteiger partial charge in [-0.15, -0.1) is 16.4 Å². The highest BCUT2D eigenvalue weighted by atomic mass is 32.1. The van der Waals surface area contributed by atoms with Crippen LogP contribution in [-0.2, 0) is 16.1 Å². The van der Waals surface area contributed by atoms with Gasteiger partial charge < -0.3 is 15.8 Å². The standard InChI is InChI=1S/C15H20N4OS.C7H11NO/c1-11(6-7-14(16-3)17-4)15-12(2)8-13(21-15)9-20-10-19-18-5;1-3-7(5-9)6(2)4-8/h6-8,10,17H,3,5,9H2,1-2,4H3;3-5H,8H2,1-2H3/b11-6+,14-7+,19-10-;6-4-,7-3-. The molecular weight excluding hydrogens is 398 g/mol. The van der Waals surface area contributed by atoms with Crippen molar-refractivity contribution in [3.05, 3.63) is 62.8 Å². The Morgan fingerprint density at radius 2 is 2.03 bits per heavy atom. The number of hydrogen-bond acceptors (Lipinski definition) is 8. The van der Waals surface area contributed by atoms with Gasteiger partial charge in [-0.2, -0.15) is 5.10 Å². The van der Waals surface area contributed by atoms with Gasteiger partial charge >= 0.3 is 0 Å². The molecule has 0 radical (unpaired) electrons. The van der Waals surface area contributed by atoms with E-state index in [4.69, 9.17) is 10.5 Å². The van der Waals surface area contributed by atoms with Crippen molar-refractivity contribution < 1.29 is 9.53 Å². The minimum Gasteiger partial charge on any atom is -0.476 e. The molecule has 0 aromatic carbocycles. The Labute approximate surface area is 183 Å². The average molecular weight is 430 g/mol. The van der Waals surface area contributed by atoms with Crippen molar-refractivity contribution in [1.29, 1.82) is 0 Å². The van der Waals surface area contributed by atoms with Crippen LogP contribution in [0.2, 0.25) is 0 Å². The first-order valence-electron chi connectivity index (χ1n) is 9.10. The van der Waals surface area contributed by atoms with Gasteiger partial charge in [0, 0.05) is 29.1 Å². The highest BCUT2D eigenvalue weighted by Crippen LogP contribution is 2.29. The first-order valence-corrected chi connectivity index (χ1v) is 9.92. The van der Waals surface area contributed by atoms with E-state index in [1.807, 2.05) is 19.2 Å². The lowest BCUT2D eigenvalue weighted by Crippen LogP contribution is -2.01. The Bertz CT molecular complexity index is 861. The summed E-state index contributed by atoms with van der Waals surface area (Å²) in [4.78, 5) is 16.4. The zero-order chi connectivity index (χ0) is 22.9. The summed E-state index contributed by atoms with van der Waals surface area (Å²) in [6.45, 7) is 15.0. The Hall–Kier alpha value is -3.26. The molecule has 0 aliphatic heterocycles. The molecule has 1 aromatic heterocycles. The van der Waals surface area contributed by atoms with Gasteiger partial charge in [0.25, 0.3) is 0 Å². The molecule has 0 saturated carbocycles. The van der Waals surface area contributed by atoms with E-state index < -0.39 is 0 Å². The van der Waals surface area contributed by atoms with Gasteiger partial charge in [0.05, 0.1) is 0 Å². The lowest BCUT2D eigenvalue weighted by Gasteiger charge is -2.00. The number of rotatable bonds is 10. The van der Waals surface area contributed by atoms with E-state index in [0.717, 1.165) is 22.6 Å². The maximum atomic E-state index is 10.2. The minimum absolute atomic E-state index is 0.476. The Kier molecular flexibility index (Phi) is 13.9. The molecule has 162 valence electrons. The van der Waals surface area contributed by atoms with Crippen LogP contribution in [0.15, 0.2) is 62.7 Å². The van der Waals surface area contributed by atoms with Crippen molar-refractivity contribution in [3.63, 3.8) is 0 Å². The van der Waals surface area contributed by atoms with Gasteiger partial charge in [-0.05, 0) is 69.5 Å². The molecule has 0 amide bonds. The second-order valence-electron chi connectivity index (χ2n) is 5.92. The number of nitrogens with two attached hydrogens (primary N) is 1. The van der Waals surface area contributed by atoms with Crippen LogP contribution in [0.25, 0.3) is 5.57 Å². The normalized spacial score (nSPS) is 12.8. The Balaban J connectivity index is 0.000000787. The largest absolute Gasteiger partial charge is 0.476 e. The molecular formula is C22H31N5O2S. The summed E-state index contributed by atoms with van der Waals surface area (Å²) < 4.78 is 5.26. The second-order valence-corrected chi connectivity index (χ2v) is 7.06. The topological polar surface area (TPSA) is 101 Å². The fourth-order valence-corrected chi connectivity index (χ4v) is 3.25. The van der Waals surface area contributed by atoms with Gasteiger partial charge in [-0.25, -0.2) is 4.99 Å². The maximum Gasteiger partial charge on any atom is 0.195 e. The summed E-state index contributed by atoms with van der Waals surface area (Å²) in [6, 6.07) is 2.11. The Morgan fingerprint density at radius 3 is 2.50 bits per heavy atom. The molecule has 1 heterocycles. The zero-order valence-electron chi connectivity index (χ0n) is 18.3. The fraction of sp³-hybridized carbons (Fsp3) is 0.273. The molecule has 0 spiro atoms. The van der Waals surface area contributed by atoms with Crippen molar-refractivity contribution in [1.82, 2.24) is 5.32 Å². The SMILES string of the molecule is C/C=C(C=O)\C(C)=C/N.C=N/N=C\OCc1cc(C)c(/C(C)=C/C=C(\N=C)NC)s1. The molecule has 0 fully saturated rings. The molecule has 8 heteroatoms. The van der Waals surface area contributed by atoms with Crippen LogP contribution in [0, 0.1) is 6.92 Å². The summed E-state index contributed by atoms with van der Waals surface area (Å²) in [6.07, 6.45) is 9.16. The number of ether oxygens (including phenoxy) is 1. The molecule has 0 atom stereocenters. The first kappa shape index (κ1) is 26.7. The summed E-state index contributed by atoms with van der Waals surface area (Å²) in [5, 5.41) is 9.85. The van der Waals surface area contributed by atoms with Gasteiger partial charge in [-0.1, -0.05) is 12.2 Å². The smallest absolute Gasteiger partial charge is 0.195 e. The maximum absolute atomic E-state index is 10.2. The first-order chi connectivity index (χ1) is 14.4. The number of carbonyl (C=O) groups is 1. The van der Waals surface area contributed by atoms with Crippen molar-refractivity contribution in [2.24, 2.45) is 20.9 Å². The summed E-state index contributed by atoms with van der Waals surface area (Å²) in [5.74, 6) is 0.736. The zero-order valence-corrected chi connectivity index (χ0v) is 19.1. The predicted molar refractivity (Wildman–Crippen MR) is 130 cm³/mol. The number of aldehydes is 1. The van der Waals surface area contributed by atoms with Gasteiger partial charge in [-0.3, -0.25) is 4.79 Å². The highest BCUT2D eigenvalue weighted by Gasteiger charge is 2.07. The Morgan fingerprint density at radius 1 is 1.33 bits per heavy atom. The van der Waals surface area contributed by atoms with Gasteiger partial charge in [0.2, 0.25) is 0 Å². The number of allylic oxidation sites excluding steroid dienone is 6. The van der Waals surface area contributed by atoms with Crippen molar-refractivity contribution in [3.8, 4) is 0 Å². The number of aliphatic imine (C=N–C) groups is 1. The van der Waals surface area contributed by atoms with Gasteiger partial charge in [0.1, 0.15) is 18.7 Å². The molecule has 1 rings (SSSR count). The van der Waals surface area contributed by atoms with Crippen LogP contribution in [0.1, 0.15) is 36.1 Å². The lowest BCUT2D eigenvalue weighted by atomic mass is 10.1. The van der Waals surface area contributed by atoms with Gasteiger partial charge in [0.15, 0.2) is 6.40 Å². The minimum atomic E-state index is 0.476. The number of aryl methyl sites for hydroxylation is 1. The number of carbonyl (C=O) groups excluding carboxylic acids is 1. The van der Waals surface area contributed by atoms with E-state index in [0.29, 0.717) is 12.2 Å². The van der Waals surface area contributed by atoms with E-state index in [2.05, 4.69) is 53.9 Å². The third kappa shape index (κ3) is 9.79. The molecule has 0 saturated heterocycles. The van der Waals surface area contributed by atoms with Crippen LogP contribution in [0.4, 0.5) is 0 Å². The number of nitrogens with zero attached hydrogens (tertiary/aromatic N) is 3. The quantitative estimate of drug-likeness (QED) is 0.144. The van der Waals surface area contributed by atoms with Crippen molar-refractivity contribution >= 4 is 43.0 Å². The third-order valence-corrected chi connectivity index (χ3v) is 5.16. The second kappa shape index (κ2) is 15.6. The average Bonchev–Trinajstić information content (AvgIpc) is 3.13. The summed E-state index contributed by atoms with van der Waals surface area (Å²) in [5.41, 5.74) is 9.01. The van der Waals surface area contributed by atoms with Crippen LogP contribution in [-0.4, -0.2) is 33.2 Å². The van der Waals surface area contributed by atoms with E-state index in [1.165, 1.54) is 28.6 Å². The molecule has 0 aliphatic carbocycles. The molecule has 0 aliphatic rings. The summed E-state index contributed by atoms with van der Waals surface area (Å²) >= 11 is 1.70. The van der Waals surface area contributed by atoms with E-state index >= 15 is 0 Å². The molecule has 7 nitrogen and oxygen atoms in total. The molecule has 1 aromatic rings. The number of nitrogens with one attached hydrogen (secondary N) is 1. The molecule has 0 unspecified atom stereocenters. The van der Waals surface area contributed by atoms with Crippen LogP contribution in [0.3, 0.4) is 0 Å².